The summed E-state index contributed by atoms with van der Waals surface area (Å²) >= 11 is 0. The molecule has 0 heterocycles. The van der Waals surface area contributed by atoms with Crippen LogP contribution in [-0.4, -0.2) is 31.1 Å². The second-order valence-electron chi connectivity index (χ2n) is 5.93. The molecule has 0 spiro atoms. The first-order valence-electron chi connectivity index (χ1n) is 6.10. The molecular formula is C12H24O3S. The average molecular weight is 248 g/mol. The van der Waals surface area contributed by atoms with Crippen molar-refractivity contribution in [3.8, 4) is 0 Å². The van der Waals surface area contributed by atoms with Crippen LogP contribution in [0.4, 0.5) is 0 Å². The van der Waals surface area contributed by atoms with Gasteiger partial charge in [-0.15, -0.1) is 0 Å². The molecule has 1 saturated carbocycles. The van der Waals surface area contributed by atoms with E-state index in [1.165, 1.54) is 0 Å². The molecule has 0 aromatic heterocycles. The van der Waals surface area contributed by atoms with Crippen LogP contribution < -0.4 is 0 Å². The molecule has 3 nitrogen and oxygen atoms in total. The van der Waals surface area contributed by atoms with Crippen molar-refractivity contribution in [3.63, 3.8) is 0 Å². The van der Waals surface area contributed by atoms with Crippen molar-refractivity contribution in [2.24, 2.45) is 11.3 Å². The Morgan fingerprint density at radius 1 is 1.12 bits per heavy atom. The number of aliphatic hydroxyl groups is 1. The number of rotatable bonds is 3. The summed E-state index contributed by atoms with van der Waals surface area (Å²) in [6.07, 6.45) is 3.53. The Labute approximate surface area is 99.2 Å². The zero-order valence-corrected chi connectivity index (χ0v) is 11.4. The average Bonchev–Trinajstić information content (AvgIpc) is 2.16. The summed E-state index contributed by atoms with van der Waals surface area (Å²) in [5.74, 6) is 0.561. The lowest BCUT2D eigenvalue weighted by Gasteiger charge is -2.36. The Bertz CT molecular complexity index is 306. The van der Waals surface area contributed by atoms with Gasteiger partial charge in [0.2, 0.25) is 0 Å². The number of sulfone groups is 1. The van der Waals surface area contributed by atoms with E-state index in [4.69, 9.17) is 5.11 Å². The van der Waals surface area contributed by atoms with E-state index in [1.807, 2.05) is 0 Å². The van der Waals surface area contributed by atoms with Crippen molar-refractivity contribution in [2.45, 2.75) is 51.7 Å². The molecular weight excluding hydrogens is 224 g/mol. The third kappa shape index (κ3) is 3.45. The molecule has 0 aromatic rings. The molecule has 1 aliphatic carbocycles. The van der Waals surface area contributed by atoms with Crippen molar-refractivity contribution >= 4 is 9.84 Å². The Morgan fingerprint density at radius 2 is 1.62 bits per heavy atom. The molecule has 1 rings (SSSR count). The fraction of sp³-hybridized carbons (Fsp3) is 1.00. The molecule has 1 fully saturated rings. The summed E-state index contributed by atoms with van der Waals surface area (Å²) in [5, 5.41) is 8.52. The highest BCUT2D eigenvalue weighted by molar-refractivity contribution is 7.92. The first-order valence-corrected chi connectivity index (χ1v) is 7.81. The predicted molar refractivity (Wildman–Crippen MR) is 66.1 cm³/mol. The lowest BCUT2D eigenvalue weighted by Crippen LogP contribution is -2.33. The SMILES string of the molecule is CC(C)(C)C1CCC(S(=O)(=O)CCO)CC1. The number of hydrogen-bond acceptors (Lipinski definition) is 3. The number of aliphatic hydroxyl groups excluding tert-OH is 1. The van der Waals surface area contributed by atoms with Gasteiger partial charge < -0.3 is 5.11 Å². The summed E-state index contributed by atoms with van der Waals surface area (Å²) in [4.78, 5) is 0. The molecule has 0 aromatic carbocycles. The van der Waals surface area contributed by atoms with E-state index in [0.717, 1.165) is 25.7 Å². The Morgan fingerprint density at radius 3 is 2.00 bits per heavy atom. The summed E-state index contributed by atoms with van der Waals surface area (Å²) in [5.41, 5.74) is 0.283. The van der Waals surface area contributed by atoms with E-state index in [-0.39, 0.29) is 23.0 Å². The second-order valence-corrected chi connectivity index (χ2v) is 8.33. The number of hydrogen-bond donors (Lipinski definition) is 1. The largest absolute Gasteiger partial charge is 0.395 e. The van der Waals surface area contributed by atoms with Crippen LogP contribution in [0.5, 0.6) is 0 Å². The van der Waals surface area contributed by atoms with Gasteiger partial charge in [0.05, 0.1) is 17.6 Å². The van der Waals surface area contributed by atoms with E-state index < -0.39 is 9.84 Å². The van der Waals surface area contributed by atoms with Gasteiger partial charge in [0, 0.05) is 0 Å². The monoisotopic (exact) mass is 248 g/mol. The molecule has 16 heavy (non-hydrogen) atoms. The van der Waals surface area contributed by atoms with E-state index in [1.54, 1.807) is 0 Å². The summed E-state index contributed by atoms with van der Waals surface area (Å²) in [6.45, 7) is 6.42. The molecule has 0 radical (unpaired) electrons. The van der Waals surface area contributed by atoms with Crippen molar-refractivity contribution in [1.82, 2.24) is 0 Å². The Balaban J connectivity index is 2.56. The summed E-state index contributed by atoms with van der Waals surface area (Å²) in [7, 11) is -3.05. The Hall–Kier alpha value is -0.0900. The fourth-order valence-electron chi connectivity index (χ4n) is 2.58. The third-order valence-electron chi connectivity index (χ3n) is 3.78. The van der Waals surface area contributed by atoms with Gasteiger partial charge in [-0.25, -0.2) is 8.42 Å². The van der Waals surface area contributed by atoms with Crippen LogP contribution in [0.1, 0.15) is 46.5 Å². The van der Waals surface area contributed by atoms with E-state index >= 15 is 0 Å². The highest BCUT2D eigenvalue weighted by Crippen LogP contribution is 2.39. The topological polar surface area (TPSA) is 54.4 Å². The van der Waals surface area contributed by atoms with Gasteiger partial charge in [0.15, 0.2) is 9.84 Å². The van der Waals surface area contributed by atoms with Crippen molar-refractivity contribution < 1.29 is 13.5 Å². The summed E-state index contributed by atoms with van der Waals surface area (Å²) in [6, 6.07) is 0. The van der Waals surface area contributed by atoms with Gasteiger partial charge in [0.1, 0.15) is 0 Å². The van der Waals surface area contributed by atoms with Gasteiger partial charge in [-0.05, 0) is 37.0 Å². The lowest BCUT2D eigenvalue weighted by molar-refractivity contribution is 0.180. The standard InChI is InChI=1S/C12H24O3S/c1-12(2,3)10-4-6-11(7-5-10)16(14,15)9-8-13/h10-11,13H,4-9H2,1-3H3. The van der Waals surface area contributed by atoms with Gasteiger partial charge in [0.25, 0.3) is 0 Å². The van der Waals surface area contributed by atoms with Gasteiger partial charge >= 0.3 is 0 Å². The van der Waals surface area contributed by atoms with Crippen LogP contribution in [0.15, 0.2) is 0 Å². The normalized spacial score (nSPS) is 28.0. The molecule has 0 atom stereocenters. The van der Waals surface area contributed by atoms with Gasteiger partial charge in [-0.1, -0.05) is 20.8 Å². The molecule has 0 unspecified atom stereocenters. The molecule has 0 saturated heterocycles. The van der Waals surface area contributed by atoms with Crippen LogP contribution in [-0.2, 0) is 9.84 Å². The predicted octanol–water partition coefficient (Wildman–Crippen LogP) is 2.00. The zero-order valence-electron chi connectivity index (χ0n) is 10.6. The van der Waals surface area contributed by atoms with Crippen LogP contribution in [0, 0.1) is 11.3 Å². The van der Waals surface area contributed by atoms with Crippen LogP contribution in [0.2, 0.25) is 0 Å². The molecule has 0 bridgehead atoms. The van der Waals surface area contributed by atoms with Crippen LogP contribution in [0.3, 0.4) is 0 Å². The molecule has 96 valence electrons. The molecule has 0 amide bonds. The zero-order chi connectivity index (χ0) is 12.4. The molecule has 0 aliphatic heterocycles. The molecule has 4 heteroatoms. The van der Waals surface area contributed by atoms with Gasteiger partial charge in [-0.3, -0.25) is 0 Å². The molecule has 1 aliphatic rings. The second kappa shape index (κ2) is 5.05. The minimum atomic E-state index is -3.05. The lowest BCUT2D eigenvalue weighted by atomic mass is 9.72. The Kier molecular flexibility index (Phi) is 4.41. The van der Waals surface area contributed by atoms with Crippen molar-refractivity contribution in [1.29, 1.82) is 0 Å². The van der Waals surface area contributed by atoms with Crippen molar-refractivity contribution in [3.05, 3.63) is 0 Å². The summed E-state index contributed by atoms with van der Waals surface area (Å²) < 4.78 is 23.6. The minimum absolute atomic E-state index is 0.0716. The maximum atomic E-state index is 11.8. The quantitative estimate of drug-likeness (QED) is 0.831. The van der Waals surface area contributed by atoms with Crippen LogP contribution >= 0.6 is 0 Å². The van der Waals surface area contributed by atoms with E-state index in [2.05, 4.69) is 20.8 Å². The highest BCUT2D eigenvalue weighted by Gasteiger charge is 2.34. The maximum Gasteiger partial charge on any atom is 0.155 e. The van der Waals surface area contributed by atoms with Crippen LogP contribution in [0.25, 0.3) is 0 Å². The fourth-order valence-corrected chi connectivity index (χ4v) is 4.16. The maximum absolute atomic E-state index is 11.8. The smallest absolute Gasteiger partial charge is 0.155 e. The first kappa shape index (κ1) is 14.0. The minimum Gasteiger partial charge on any atom is -0.395 e. The van der Waals surface area contributed by atoms with E-state index in [9.17, 15) is 8.42 Å². The highest BCUT2D eigenvalue weighted by atomic mass is 32.2. The van der Waals surface area contributed by atoms with Crippen molar-refractivity contribution in [2.75, 3.05) is 12.4 Å². The molecule has 1 N–H and O–H groups in total. The first-order chi connectivity index (χ1) is 7.27. The van der Waals surface area contributed by atoms with E-state index in [0.29, 0.717) is 5.92 Å². The van der Waals surface area contributed by atoms with Gasteiger partial charge in [-0.2, -0.15) is 0 Å². The third-order valence-corrected chi connectivity index (χ3v) is 6.02.